The summed E-state index contributed by atoms with van der Waals surface area (Å²) in [4.78, 5) is 22.6. The van der Waals surface area contributed by atoms with Gasteiger partial charge in [-0.1, -0.05) is 18.2 Å². The number of amides is 1. The summed E-state index contributed by atoms with van der Waals surface area (Å²) < 4.78 is 30.5. The fraction of sp³-hybridized carbons (Fsp3) is 0.200. The number of hydrogen-bond donors (Lipinski definition) is 2. The van der Waals surface area contributed by atoms with Crippen molar-refractivity contribution in [2.45, 2.75) is 12.2 Å². The second kappa shape index (κ2) is 5.07. The number of Topliss-reactive ketones (excluding diaryl/α,β-unsaturated/α-hetero) is 1. The number of benzene rings is 1. The van der Waals surface area contributed by atoms with Gasteiger partial charge in [-0.05, 0) is 19.1 Å². The van der Waals surface area contributed by atoms with Crippen molar-refractivity contribution in [1.82, 2.24) is 0 Å². The predicted molar refractivity (Wildman–Crippen MR) is 61.1 cm³/mol. The Morgan fingerprint density at radius 2 is 1.76 bits per heavy atom. The molecule has 0 aromatic heterocycles. The molecule has 1 unspecified atom stereocenters. The molecule has 1 aromatic rings. The van der Waals surface area contributed by atoms with Gasteiger partial charge in [-0.3, -0.25) is 14.1 Å². The van der Waals surface area contributed by atoms with Gasteiger partial charge in [0.2, 0.25) is 5.25 Å². The van der Waals surface area contributed by atoms with Crippen molar-refractivity contribution in [3.05, 3.63) is 30.3 Å². The van der Waals surface area contributed by atoms with Crippen LogP contribution >= 0.6 is 0 Å². The van der Waals surface area contributed by atoms with Gasteiger partial charge in [0.25, 0.3) is 16.0 Å². The first kappa shape index (κ1) is 13.3. The van der Waals surface area contributed by atoms with Crippen LogP contribution in [0, 0.1) is 0 Å². The second-order valence-electron chi connectivity index (χ2n) is 3.36. The van der Waals surface area contributed by atoms with E-state index in [0.29, 0.717) is 5.69 Å². The number of hydrogen-bond acceptors (Lipinski definition) is 4. The highest BCUT2D eigenvalue weighted by Gasteiger charge is 2.35. The molecule has 0 bridgehead atoms. The molecule has 0 aliphatic heterocycles. The molecular formula is C10H11NO5S. The summed E-state index contributed by atoms with van der Waals surface area (Å²) in [7, 11) is -4.75. The standard InChI is InChI=1S/C10H11NO5S/c1-7(12)9(17(14,15)16)10(13)11-8-5-3-2-4-6-8/h2-6,9H,1H3,(H,11,13)(H,14,15,16). The molecule has 2 N–H and O–H groups in total. The van der Waals surface area contributed by atoms with Crippen LogP contribution in [0.15, 0.2) is 30.3 Å². The van der Waals surface area contributed by atoms with E-state index in [1.807, 2.05) is 0 Å². The molecule has 7 heteroatoms. The molecule has 6 nitrogen and oxygen atoms in total. The first-order chi connectivity index (χ1) is 7.82. The Balaban J connectivity index is 2.92. The SMILES string of the molecule is CC(=O)C(C(=O)Nc1ccccc1)S(=O)(=O)O. The molecule has 0 aliphatic rings. The largest absolute Gasteiger partial charge is 0.324 e. The van der Waals surface area contributed by atoms with Crippen molar-refractivity contribution in [3.8, 4) is 0 Å². The Bertz CT molecular complexity index is 523. The number of nitrogens with one attached hydrogen (secondary N) is 1. The lowest BCUT2D eigenvalue weighted by Gasteiger charge is -2.10. The average Bonchev–Trinajstić information content (AvgIpc) is 2.15. The highest BCUT2D eigenvalue weighted by molar-refractivity contribution is 7.88. The maximum absolute atomic E-state index is 11.5. The van der Waals surface area contributed by atoms with Gasteiger partial charge in [0.1, 0.15) is 0 Å². The predicted octanol–water partition coefficient (Wildman–Crippen LogP) is 0.470. The minimum Gasteiger partial charge on any atom is -0.324 e. The topological polar surface area (TPSA) is 101 Å². The van der Waals surface area contributed by atoms with Gasteiger partial charge in [-0.2, -0.15) is 8.42 Å². The fourth-order valence-corrected chi connectivity index (χ4v) is 2.01. The van der Waals surface area contributed by atoms with Crippen LogP contribution in [0.5, 0.6) is 0 Å². The Morgan fingerprint density at radius 1 is 1.24 bits per heavy atom. The van der Waals surface area contributed by atoms with E-state index in [1.54, 1.807) is 18.2 Å². The maximum atomic E-state index is 11.5. The lowest BCUT2D eigenvalue weighted by Crippen LogP contribution is -2.40. The summed E-state index contributed by atoms with van der Waals surface area (Å²) in [5, 5.41) is 0.136. The number of anilines is 1. The monoisotopic (exact) mass is 257 g/mol. The van der Waals surface area contributed by atoms with Crippen LogP contribution in [-0.4, -0.2) is 29.9 Å². The molecule has 0 fully saturated rings. The molecule has 0 saturated heterocycles. The summed E-state index contributed by atoms with van der Waals surface area (Å²) in [6, 6.07) is 8.02. The lowest BCUT2D eigenvalue weighted by molar-refractivity contribution is -0.123. The Labute approximate surface area is 98.4 Å². The molecular weight excluding hydrogens is 246 g/mol. The number of rotatable bonds is 4. The highest BCUT2D eigenvalue weighted by Crippen LogP contribution is 2.09. The third-order valence-corrected chi connectivity index (χ3v) is 3.09. The summed E-state index contributed by atoms with van der Waals surface area (Å²) in [6.45, 7) is 0.920. The quantitative estimate of drug-likeness (QED) is 0.603. The van der Waals surface area contributed by atoms with Crippen molar-refractivity contribution < 1.29 is 22.6 Å². The van der Waals surface area contributed by atoms with Gasteiger partial charge in [-0.25, -0.2) is 0 Å². The molecule has 0 heterocycles. The van der Waals surface area contributed by atoms with Gasteiger partial charge in [0.05, 0.1) is 0 Å². The number of para-hydroxylation sites is 1. The Hall–Kier alpha value is -1.73. The van der Waals surface area contributed by atoms with Gasteiger partial charge in [0.15, 0.2) is 5.78 Å². The second-order valence-corrected chi connectivity index (χ2v) is 4.86. The first-order valence-corrected chi connectivity index (χ1v) is 6.15. The van der Waals surface area contributed by atoms with E-state index >= 15 is 0 Å². The third-order valence-electron chi connectivity index (χ3n) is 1.95. The van der Waals surface area contributed by atoms with Crippen LogP contribution in [0.25, 0.3) is 0 Å². The first-order valence-electron chi connectivity index (χ1n) is 4.65. The molecule has 92 valence electrons. The molecule has 1 aromatic carbocycles. The van der Waals surface area contributed by atoms with Crippen molar-refractivity contribution in [1.29, 1.82) is 0 Å². The molecule has 0 radical (unpaired) electrons. The van der Waals surface area contributed by atoms with Crippen LogP contribution in [0.3, 0.4) is 0 Å². The maximum Gasteiger partial charge on any atom is 0.284 e. The highest BCUT2D eigenvalue weighted by atomic mass is 32.2. The lowest BCUT2D eigenvalue weighted by atomic mass is 10.2. The van der Waals surface area contributed by atoms with Gasteiger partial charge in [0, 0.05) is 5.69 Å². The number of carbonyl (C=O) groups is 2. The van der Waals surface area contributed by atoms with Crippen molar-refractivity contribution in [3.63, 3.8) is 0 Å². The molecule has 0 spiro atoms. The summed E-state index contributed by atoms with van der Waals surface area (Å²) in [5.74, 6) is -2.02. The van der Waals surface area contributed by atoms with E-state index in [9.17, 15) is 18.0 Å². The Kier molecular flexibility index (Phi) is 3.97. The molecule has 0 aliphatic carbocycles. The number of carbonyl (C=O) groups excluding carboxylic acids is 2. The van der Waals surface area contributed by atoms with Crippen LogP contribution in [0.4, 0.5) is 5.69 Å². The van der Waals surface area contributed by atoms with Gasteiger partial charge >= 0.3 is 0 Å². The van der Waals surface area contributed by atoms with Gasteiger partial charge < -0.3 is 5.32 Å². The van der Waals surface area contributed by atoms with E-state index in [2.05, 4.69) is 5.32 Å². The van der Waals surface area contributed by atoms with Crippen molar-refractivity contribution in [2.75, 3.05) is 5.32 Å². The minimum absolute atomic E-state index is 0.340. The average molecular weight is 257 g/mol. The van der Waals surface area contributed by atoms with Crippen molar-refractivity contribution in [2.24, 2.45) is 0 Å². The summed E-state index contributed by atoms with van der Waals surface area (Å²) in [5.41, 5.74) is 0.340. The number of ketones is 1. The zero-order valence-corrected chi connectivity index (χ0v) is 9.77. The summed E-state index contributed by atoms with van der Waals surface area (Å²) >= 11 is 0. The molecule has 1 atom stereocenters. The van der Waals surface area contributed by atoms with Crippen LogP contribution in [-0.2, 0) is 19.7 Å². The van der Waals surface area contributed by atoms with Crippen molar-refractivity contribution >= 4 is 27.5 Å². The fourth-order valence-electron chi connectivity index (χ4n) is 1.26. The summed E-state index contributed by atoms with van der Waals surface area (Å²) in [6.07, 6.45) is 0. The zero-order chi connectivity index (χ0) is 13.1. The minimum atomic E-state index is -4.75. The smallest absolute Gasteiger partial charge is 0.284 e. The molecule has 1 amide bonds. The molecule has 1 rings (SSSR count). The van der Waals surface area contributed by atoms with Crippen LogP contribution in [0.2, 0.25) is 0 Å². The van der Waals surface area contributed by atoms with E-state index in [-0.39, 0.29) is 0 Å². The normalized spacial score (nSPS) is 12.8. The molecule has 0 saturated carbocycles. The Morgan fingerprint density at radius 3 is 2.18 bits per heavy atom. The van der Waals surface area contributed by atoms with E-state index in [4.69, 9.17) is 4.55 Å². The zero-order valence-electron chi connectivity index (χ0n) is 8.95. The van der Waals surface area contributed by atoms with E-state index in [1.165, 1.54) is 12.1 Å². The van der Waals surface area contributed by atoms with Crippen LogP contribution in [0.1, 0.15) is 6.92 Å². The molecule has 17 heavy (non-hydrogen) atoms. The third kappa shape index (κ3) is 3.65. The van der Waals surface area contributed by atoms with Crippen LogP contribution < -0.4 is 5.32 Å². The van der Waals surface area contributed by atoms with Gasteiger partial charge in [-0.15, -0.1) is 0 Å². The van der Waals surface area contributed by atoms with E-state index < -0.39 is 27.1 Å². The van der Waals surface area contributed by atoms with E-state index in [0.717, 1.165) is 6.92 Å².